The van der Waals surface area contributed by atoms with Crippen LogP contribution in [0.4, 0.5) is 0 Å². The lowest BCUT2D eigenvalue weighted by Gasteiger charge is -2.25. The summed E-state index contributed by atoms with van der Waals surface area (Å²) in [6.45, 7) is 0. The van der Waals surface area contributed by atoms with Crippen LogP contribution < -0.4 is 10.5 Å². The second-order valence-corrected chi connectivity index (χ2v) is 4.81. The number of nitrogens with two attached hydrogens (primary N) is 1. The van der Waals surface area contributed by atoms with Gasteiger partial charge in [-0.05, 0) is 53.5 Å². The normalized spacial score (nSPS) is 20.4. The largest absolute Gasteiger partial charge is 0.495 e. The molecule has 14 heavy (non-hydrogen) atoms. The van der Waals surface area contributed by atoms with Crippen molar-refractivity contribution in [3.05, 3.63) is 26.8 Å². The van der Waals surface area contributed by atoms with Crippen molar-refractivity contribution in [3.8, 4) is 5.75 Å². The van der Waals surface area contributed by atoms with Gasteiger partial charge in [0.05, 0.1) is 10.7 Å². The Balaban J connectivity index is 2.57. The van der Waals surface area contributed by atoms with Crippen LogP contribution in [0.15, 0.2) is 12.1 Å². The molecular formula is C11H14INO. The summed E-state index contributed by atoms with van der Waals surface area (Å²) >= 11 is 2.30. The quantitative estimate of drug-likeness (QED) is 0.810. The van der Waals surface area contributed by atoms with Crippen molar-refractivity contribution in [2.45, 2.75) is 25.3 Å². The standard InChI is InChI=1S/C11H14INO/c1-14-11-8(12)6-5-7-3-2-4-9(13)10(7)11/h5-6,9H,2-4,13H2,1H3. The van der Waals surface area contributed by atoms with Crippen molar-refractivity contribution in [2.24, 2.45) is 5.73 Å². The molecule has 0 bridgehead atoms. The lowest BCUT2D eigenvalue weighted by molar-refractivity contribution is 0.396. The molecule has 2 N–H and O–H groups in total. The zero-order valence-corrected chi connectivity index (χ0v) is 10.4. The van der Waals surface area contributed by atoms with Crippen LogP contribution in [0.3, 0.4) is 0 Å². The minimum absolute atomic E-state index is 0.156. The zero-order chi connectivity index (χ0) is 10.1. The fourth-order valence-corrected chi connectivity index (χ4v) is 2.79. The molecule has 0 amide bonds. The van der Waals surface area contributed by atoms with Gasteiger partial charge in [0.2, 0.25) is 0 Å². The fourth-order valence-electron chi connectivity index (χ4n) is 2.10. The van der Waals surface area contributed by atoms with Gasteiger partial charge in [-0.2, -0.15) is 0 Å². The number of fused-ring (bicyclic) bond motifs is 1. The number of methoxy groups -OCH3 is 1. The summed E-state index contributed by atoms with van der Waals surface area (Å²) in [5, 5.41) is 0. The first-order chi connectivity index (χ1) is 6.74. The Hall–Kier alpha value is -0.290. The Labute approximate surface area is 98.0 Å². The molecule has 1 unspecified atom stereocenters. The van der Waals surface area contributed by atoms with Crippen molar-refractivity contribution in [1.29, 1.82) is 0 Å². The summed E-state index contributed by atoms with van der Waals surface area (Å²) < 4.78 is 6.58. The SMILES string of the molecule is COc1c(I)ccc2c1C(N)CCC2. The van der Waals surface area contributed by atoms with E-state index in [4.69, 9.17) is 10.5 Å². The van der Waals surface area contributed by atoms with Crippen LogP contribution in [0, 0.1) is 3.57 Å². The van der Waals surface area contributed by atoms with Crippen LogP contribution in [0.1, 0.15) is 30.0 Å². The van der Waals surface area contributed by atoms with E-state index >= 15 is 0 Å². The lowest BCUT2D eigenvalue weighted by atomic mass is 9.87. The molecule has 1 aliphatic rings. The van der Waals surface area contributed by atoms with Crippen molar-refractivity contribution < 1.29 is 4.74 Å². The molecule has 0 saturated heterocycles. The van der Waals surface area contributed by atoms with E-state index in [0.29, 0.717) is 0 Å². The van der Waals surface area contributed by atoms with Crippen LogP contribution in [0.2, 0.25) is 0 Å². The molecule has 1 atom stereocenters. The van der Waals surface area contributed by atoms with E-state index in [9.17, 15) is 0 Å². The molecule has 2 rings (SSSR count). The van der Waals surface area contributed by atoms with E-state index in [0.717, 1.165) is 22.2 Å². The molecule has 0 aliphatic heterocycles. The summed E-state index contributed by atoms with van der Waals surface area (Å²) in [4.78, 5) is 0. The van der Waals surface area contributed by atoms with Crippen molar-refractivity contribution in [3.63, 3.8) is 0 Å². The Morgan fingerprint density at radius 2 is 2.29 bits per heavy atom. The Bertz CT molecular complexity index is 351. The minimum atomic E-state index is 0.156. The lowest BCUT2D eigenvalue weighted by Crippen LogP contribution is -2.18. The fraction of sp³-hybridized carbons (Fsp3) is 0.455. The average molecular weight is 303 g/mol. The van der Waals surface area contributed by atoms with Gasteiger partial charge < -0.3 is 10.5 Å². The third-order valence-corrected chi connectivity index (χ3v) is 3.62. The molecule has 0 spiro atoms. The van der Waals surface area contributed by atoms with Gasteiger partial charge in [-0.15, -0.1) is 0 Å². The first kappa shape index (κ1) is 10.2. The van der Waals surface area contributed by atoms with Gasteiger partial charge in [-0.3, -0.25) is 0 Å². The highest BCUT2D eigenvalue weighted by molar-refractivity contribution is 14.1. The van der Waals surface area contributed by atoms with Crippen LogP contribution in [-0.4, -0.2) is 7.11 Å². The highest BCUT2D eigenvalue weighted by Crippen LogP contribution is 2.37. The maximum absolute atomic E-state index is 6.11. The third kappa shape index (κ3) is 1.63. The molecule has 0 fully saturated rings. The molecule has 76 valence electrons. The third-order valence-electron chi connectivity index (χ3n) is 2.77. The maximum atomic E-state index is 6.11. The number of benzene rings is 1. The molecule has 3 heteroatoms. The van der Waals surface area contributed by atoms with E-state index in [1.807, 2.05) is 0 Å². The number of ether oxygens (including phenoxy) is 1. The first-order valence-corrected chi connectivity index (χ1v) is 5.92. The molecule has 1 aliphatic carbocycles. The maximum Gasteiger partial charge on any atom is 0.137 e. The number of hydrogen-bond acceptors (Lipinski definition) is 2. The topological polar surface area (TPSA) is 35.2 Å². The zero-order valence-electron chi connectivity index (χ0n) is 8.22. The predicted molar refractivity (Wildman–Crippen MR) is 65.6 cm³/mol. The van der Waals surface area contributed by atoms with Gasteiger partial charge in [-0.1, -0.05) is 6.07 Å². The van der Waals surface area contributed by atoms with Gasteiger partial charge in [0, 0.05) is 11.6 Å². The highest BCUT2D eigenvalue weighted by Gasteiger charge is 2.22. The second-order valence-electron chi connectivity index (χ2n) is 3.65. The molecule has 2 nitrogen and oxygen atoms in total. The molecule has 0 saturated carbocycles. The number of halogens is 1. The molecule has 1 aromatic rings. The van der Waals surface area contributed by atoms with Crippen molar-refractivity contribution in [2.75, 3.05) is 7.11 Å². The Morgan fingerprint density at radius 1 is 1.50 bits per heavy atom. The Morgan fingerprint density at radius 3 is 3.00 bits per heavy atom. The van der Waals surface area contributed by atoms with Gasteiger partial charge >= 0.3 is 0 Å². The number of rotatable bonds is 1. The predicted octanol–water partition coefficient (Wildman–Crippen LogP) is 2.64. The monoisotopic (exact) mass is 303 g/mol. The minimum Gasteiger partial charge on any atom is -0.495 e. The van der Waals surface area contributed by atoms with E-state index in [1.54, 1.807) is 7.11 Å². The summed E-state index contributed by atoms with van der Waals surface area (Å²) in [6.07, 6.45) is 3.40. The second kappa shape index (κ2) is 4.06. The van der Waals surface area contributed by atoms with Gasteiger partial charge in [0.1, 0.15) is 5.75 Å². The van der Waals surface area contributed by atoms with E-state index in [2.05, 4.69) is 34.7 Å². The van der Waals surface area contributed by atoms with Gasteiger partial charge in [-0.25, -0.2) is 0 Å². The molecule has 0 heterocycles. The van der Waals surface area contributed by atoms with Crippen LogP contribution in [0.25, 0.3) is 0 Å². The first-order valence-electron chi connectivity index (χ1n) is 4.85. The van der Waals surface area contributed by atoms with Gasteiger partial charge in [0.25, 0.3) is 0 Å². The molecular weight excluding hydrogens is 289 g/mol. The van der Waals surface area contributed by atoms with E-state index < -0.39 is 0 Å². The van der Waals surface area contributed by atoms with Crippen molar-refractivity contribution in [1.82, 2.24) is 0 Å². The van der Waals surface area contributed by atoms with Crippen LogP contribution >= 0.6 is 22.6 Å². The summed E-state index contributed by atoms with van der Waals surface area (Å²) in [5.74, 6) is 0.982. The summed E-state index contributed by atoms with van der Waals surface area (Å²) in [6, 6.07) is 4.44. The highest BCUT2D eigenvalue weighted by atomic mass is 127. The van der Waals surface area contributed by atoms with Crippen molar-refractivity contribution >= 4 is 22.6 Å². The smallest absolute Gasteiger partial charge is 0.137 e. The van der Waals surface area contributed by atoms with Gasteiger partial charge in [0.15, 0.2) is 0 Å². The molecule has 0 aromatic heterocycles. The molecule has 0 radical (unpaired) electrons. The summed E-state index contributed by atoms with van der Waals surface area (Å²) in [5.41, 5.74) is 8.70. The average Bonchev–Trinajstić information content (AvgIpc) is 2.19. The Kier molecular flexibility index (Phi) is 2.97. The van der Waals surface area contributed by atoms with E-state index in [1.165, 1.54) is 17.5 Å². The number of hydrogen-bond donors (Lipinski definition) is 1. The van der Waals surface area contributed by atoms with E-state index in [-0.39, 0.29) is 6.04 Å². The summed E-state index contributed by atoms with van der Waals surface area (Å²) in [7, 11) is 1.72. The van der Waals surface area contributed by atoms with Crippen LogP contribution in [-0.2, 0) is 6.42 Å². The van der Waals surface area contributed by atoms with Crippen LogP contribution in [0.5, 0.6) is 5.75 Å². The number of aryl methyl sites for hydroxylation is 1. The molecule has 1 aromatic carbocycles.